The van der Waals surface area contributed by atoms with Crippen LogP contribution in [-0.4, -0.2) is 27.8 Å². The van der Waals surface area contributed by atoms with E-state index in [2.05, 4.69) is 0 Å². The van der Waals surface area contributed by atoms with Gasteiger partial charge in [-0.2, -0.15) is 0 Å². The molecule has 0 aliphatic carbocycles. The Bertz CT molecular complexity index is 977. The van der Waals surface area contributed by atoms with Gasteiger partial charge in [-0.25, -0.2) is 0 Å². The van der Waals surface area contributed by atoms with Crippen LogP contribution in [0, 0.1) is 0 Å². The molecule has 7 heteroatoms. The number of carbonyl (C=O) groups is 1. The molecule has 4 nitrogen and oxygen atoms in total. The van der Waals surface area contributed by atoms with E-state index in [1.165, 1.54) is 11.8 Å². The third kappa shape index (κ3) is 5.17. The highest BCUT2D eigenvalue weighted by Gasteiger charge is 2.34. The summed E-state index contributed by atoms with van der Waals surface area (Å²) >= 11 is 13.0. The van der Waals surface area contributed by atoms with Gasteiger partial charge in [0.2, 0.25) is 0 Å². The molecule has 30 heavy (non-hydrogen) atoms. The monoisotopic (exact) mass is 461 g/mol. The Morgan fingerprint density at radius 1 is 1.17 bits per heavy atom. The minimum Gasteiger partial charge on any atom is -0.490 e. The van der Waals surface area contributed by atoms with Gasteiger partial charge >= 0.3 is 0 Å². The van der Waals surface area contributed by atoms with Gasteiger partial charge in [0.25, 0.3) is 5.91 Å². The molecule has 1 atom stereocenters. The van der Waals surface area contributed by atoms with Crippen molar-refractivity contribution in [2.75, 3.05) is 6.61 Å². The fourth-order valence-electron chi connectivity index (χ4n) is 2.97. The molecule has 2 aromatic carbocycles. The number of amides is 1. The van der Waals surface area contributed by atoms with Gasteiger partial charge in [-0.05, 0) is 50.1 Å². The van der Waals surface area contributed by atoms with Crippen molar-refractivity contribution in [3.63, 3.8) is 0 Å². The number of halogens is 1. The van der Waals surface area contributed by atoms with Crippen molar-refractivity contribution in [1.82, 2.24) is 4.90 Å². The van der Waals surface area contributed by atoms with Crippen LogP contribution in [0.15, 0.2) is 47.4 Å². The van der Waals surface area contributed by atoms with E-state index in [9.17, 15) is 4.79 Å². The number of rotatable bonds is 8. The van der Waals surface area contributed by atoms with Crippen LogP contribution in [-0.2, 0) is 11.4 Å². The van der Waals surface area contributed by atoms with E-state index in [4.69, 9.17) is 33.3 Å². The van der Waals surface area contributed by atoms with Gasteiger partial charge in [0.1, 0.15) is 10.9 Å². The Labute approximate surface area is 192 Å². The summed E-state index contributed by atoms with van der Waals surface area (Å²) in [4.78, 5) is 15.1. The van der Waals surface area contributed by atoms with E-state index < -0.39 is 0 Å². The average molecular weight is 462 g/mol. The maximum absolute atomic E-state index is 12.8. The van der Waals surface area contributed by atoms with Crippen LogP contribution < -0.4 is 9.47 Å². The lowest BCUT2D eigenvalue weighted by Gasteiger charge is -2.21. The van der Waals surface area contributed by atoms with E-state index in [1.807, 2.05) is 69.3 Å². The molecule has 0 radical (unpaired) electrons. The first-order valence-electron chi connectivity index (χ1n) is 9.84. The molecule has 0 unspecified atom stereocenters. The molecule has 1 aliphatic rings. The summed E-state index contributed by atoms with van der Waals surface area (Å²) in [6.07, 6.45) is 2.70. The first-order chi connectivity index (χ1) is 14.4. The molecule has 0 spiro atoms. The lowest BCUT2D eigenvalue weighted by molar-refractivity contribution is -0.123. The minimum absolute atomic E-state index is 0.0450. The number of benzene rings is 2. The van der Waals surface area contributed by atoms with E-state index in [0.29, 0.717) is 39.0 Å². The molecule has 1 amide bonds. The third-order valence-corrected chi connectivity index (χ3v) is 6.46. The van der Waals surface area contributed by atoms with Crippen molar-refractivity contribution in [2.45, 2.75) is 39.8 Å². The number of hydrogen-bond acceptors (Lipinski definition) is 5. The van der Waals surface area contributed by atoms with Gasteiger partial charge in [-0.15, -0.1) is 0 Å². The first-order valence-corrected chi connectivity index (χ1v) is 11.4. The SMILES string of the molecule is CCOc1cc(/C=C2\SC(=S)N([C@@H](C)CC)C2=O)ccc1OCc1ccccc1Cl. The van der Waals surface area contributed by atoms with Crippen molar-refractivity contribution in [2.24, 2.45) is 0 Å². The average Bonchev–Trinajstić information content (AvgIpc) is 3.01. The summed E-state index contributed by atoms with van der Waals surface area (Å²) in [6.45, 7) is 6.81. The highest BCUT2D eigenvalue weighted by atomic mass is 35.5. The standard InChI is InChI=1S/C23H24ClNO3S2/c1-4-15(3)25-22(26)21(30-23(25)29)13-16-10-11-19(20(12-16)27-5-2)28-14-17-8-6-7-9-18(17)24/h6-13,15H,4-5,14H2,1-3H3/b21-13-/t15-/m0/s1. The molecule has 2 aromatic rings. The van der Waals surface area contributed by atoms with Crippen molar-refractivity contribution in [3.8, 4) is 11.5 Å². The second kappa shape index (κ2) is 10.3. The maximum atomic E-state index is 12.8. The first kappa shape index (κ1) is 22.7. The second-order valence-corrected chi connectivity index (χ2v) is 8.91. The Hall–Kier alpha value is -2.02. The summed E-state index contributed by atoms with van der Waals surface area (Å²) in [6, 6.07) is 13.3. The zero-order valence-electron chi connectivity index (χ0n) is 17.2. The molecular formula is C23H24ClNO3S2. The van der Waals surface area contributed by atoms with Gasteiger partial charge in [-0.3, -0.25) is 9.69 Å². The number of carbonyl (C=O) groups excluding carboxylic acids is 1. The number of nitrogens with zero attached hydrogens (tertiary/aromatic N) is 1. The molecule has 0 N–H and O–H groups in total. The Morgan fingerprint density at radius 3 is 2.63 bits per heavy atom. The lowest BCUT2D eigenvalue weighted by Crippen LogP contribution is -2.36. The number of thioether (sulfide) groups is 1. The van der Waals surface area contributed by atoms with Gasteiger partial charge < -0.3 is 9.47 Å². The van der Waals surface area contributed by atoms with Crippen LogP contribution >= 0.6 is 35.6 Å². The van der Waals surface area contributed by atoms with Gasteiger partial charge in [0, 0.05) is 16.6 Å². The van der Waals surface area contributed by atoms with Crippen LogP contribution in [0.5, 0.6) is 11.5 Å². The van der Waals surface area contributed by atoms with Gasteiger partial charge in [-0.1, -0.05) is 66.8 Å². The van der Waals surface area contributed by atoms with Crippen LogP contribution in [0.4, 0.5) is 0 Å². The molecule has 3 rings (SSSR count). The number of hydrogen-bond donors (Lipinski definition) is 0. The molecular weight excluding hydrogens is 438 g/mol. The Morgan fingerprint density at radius 2 is 1.93 bits per heavy atom. The van der Waals surface area contributed by atoms with Crippen LogP contribution in [0.3, 0.4) is 0 Å². The molecule has 1 saturated heterocycles. The summed E-state index contributed by atoms with van der Waals surface area (Å²) in [5.41, 5.74) is 1.76. The van der Waals surface area contributed by atoms with Gasteiger partial charge in [0.15, 0.2) is 11.5 Å². The highest BCUT2D eigenvalue weighted by Crippen LogP contribution is 2.36. The largest absolute Gasteiger partial charge is 0.490 e. The summed E-state index contributed by atoms with van der Waals surface area (Å²) in [5, 5.41) is 0.662. The highest BCUT2D eigenvalue weighted by molar-refractivity contribution is 8.26. The Balaban J connectivity index is 1.81. The zero-order valence-corrected chi connectivity index (χ0v) is 19.6. The molecule has 1 aliphatic heterocycles. The zero-order chi connectivity index (χ0) is 21.7. The molecule has 1 fully saturated rings. The van der Waals surface area contributed by atoms with Crippen molar-refractivity contribution in [3.05, 3.63) is 63.5 Å². The van der Waals surface area contributed by atoms with E-state index >= 15 is 0 Å². The quantitative estimate of drug-likeness (QED) is 0.340. The summed E-state index contributed by atoms with van der Waals surface area (Å²) < 4.78 is 12.3. The van der Waals surface area contributed by atoms with Crippen LogP contribution in [0.1, 0.15) is 38.3 Å². The lowest BCUT2D eigenvalue weighted by atomic mass is 10.1. The van der Waals surface area contributed by atoms with Crippen LogP contribution in [0.25, 0.3) is 6.08 Å². The second-order valence-electron chi connectivity index (χ2n) is 6.83. The maximum Gasteiger partial charge on any atom is 0.266 e. The normalized spacial score (nSPS) is 16.3. The summed E-state index contributed by atoms with van der Waals surface area (Å²) in [7, 11) is 0. The molecule has 158 valence electrons. The van der Waals surface area contributed by atoms with E-state index in [1.54, 1.807) is 4.90 Å². The molecule has 0 bridgehead atoms. The van der Waals surface area contributed by atoms with Crippen molar-refractivity contribution >= 4 is 51.9 Å². The third-order valence-electron chi connectivity index (χ3n) is 4.76. The Kier molecular flexibility index (Phi) is 7.81. The predicted octanol–water partition coefficient (Wildman–Crippen LogP) is 6.32. The van der Waals surface area contributed by atoms with Gasteiger partial charge in [0.05, 0.1) is 11.5 Å². The fourth-order valence-corrected chi connectivity index (χ4v) is 4.62. The molecule has 0 aromatic heterocycles. The van der Waals surface area contributed by atoms with E-state index in [-0.39, 0.29) is 11.9 Å². The smallest absolute Gasteiger partial charge is 0.266 e. The van der Waals surface area contributed by atoms with E-state index in [0.717, 1.165) is 17.5 Å². The number of ether oxygens (including phenoxy) is 2. The topological polar surface area (TPSA) is 38.8 Å². The number of thiocarbonyl (C=S) groups is 1. The van der Waals surface area contributed by atoms with Crippen LogP contribution in [0.2, 0.25) is 5.02 Å². The minimum atomic E-state index is -0.0450. The predicted molar refractivity (Wildman–Crippen MR) is 128 cm³/mol. The van der Waals surface area contributed by atoms with Crippen molar-refractivity contribution < 1.29 is 14.3 Å². The molecule has 1 heterocycles. The fraction of sp³-hybridized carbons (Fsp3) is 0.304. The molecule has 0 saturated carbocycles. The van der Waals surface area contributed by atoms with Crippen molar-refractivity contribution in [1.29, 1.82) is 0 Å². The summed E-state index contributed by atoms with van der Waals surface area (Å²) in [5.74, 6) is 1.20.